The summed E-state index contributed by atoms with van der Waals surface area (Å²) in [5, 5.41) is 2.93. The van der Waals surface area contributed by atoms with Gasteiger partial charge in [-0.05, 0) is 50.5 Å². The van der Waals surface area contributed by atoms with Gasteiger partial charge in [0.25, 0.3) is 5.91 Å². The van der Waals surface area contributed by atoms with Crippen LogP contribution in [0, 0.1) is 0 Å². The Bertz CT molecular complexity index is 718. The Labute approximate surface area is 168 Å². The van der Waals surface area contributed by atoms with E-state index in [-0.39, 0.29) is 12.0 Å². The fourth-order valence-electron chi connectivity index (χ4n) is 2.71. The number of carbonyl (C=O) groups excluding carboxylic acids is 1. The monoisotopic (exact) mass is 385 g/mol. The second-order valence-electron chi connectivity index (χ2n) is 6.48. The van der Waals surface area contributed by atoms with Crippen LogP contribution in [-0.4, -0.2) is 32.3 Å². The van der Waals surface area contributed by atoms with Crippen LogP contribution in [-0.2, 0) is 4.74 Å². The maximum atomic E-state index is 12.4. The molecule has 0 aliphatic rings. The first-order valence-corrected chi connectivity index (χ1v) is 10.00. The summed E-state index contributed by atoms with van der Waals surface area (Å²) in [6.45, 7) is 8.27. The Hall–Kier alpha value is -2.53. The molecule has 2 rings (SSSR count). The zero-order valence-electron chi connectivity index (χ0n) is 17.1. The first-order chi connectivity index (χ1) is 13.7. The molecule has 0 heterocycles. The molecule has 5 heteroatoms. The molecule has 1 amide bonds. The molecule has 1 atom stereocenters. The van der Waals surface area contributed by atoms with Crippen molar-refractivity contribution in [2.75, 3.05) is 26.4 Å². The predicted molar refractivity (Wildman–Crippen MR) is 111 cm³/mol. The molecule has 0 bridgehead atoms. The smallest absolute Gasteiger partial charge is 0.251 e. The number of hydrogen-bond donors (Lipinski definition) is 1. The first-order valence-electron chi connectivity index (χ1n) is 10.00. The van der Waals surface area contributed by atoms with Crippen LogP contribution in [0.2, 0.25) is 0 Å². The molecular weight excluding hydrogens is 354 g/mol. The molecule has 0 aromatic heterocycles. The largest absolute Gasteiger partial charge is 0.490 e. The van der Waals surface area contributed by atoms with E-state index in [1.54, 1.807) is 18.2 Å². The Morgan fingerprint density at radius 1 is 1.00 bits per heavy atom. The molecule has 0 radical (unpaired) electrons. The van der Waals surface area contributed by atoms with Crippen LogP contribution >= 0.6 is 0 Å². The summed E-state index contributed by atoms with van der Waals surface area (Å²) in [5.41, 5.74) is 1.71. The summed E-state index contributed by atoms with van der Waals surface area (Å²) in [4.78, 5) is 12.4. The molecule has 2 aromatic carbocycles. The van der Waals surface area contributed by atoms with E-state index in [4.69, 9.17) is 14.2 Å². The SMILES string of the molecule is CCCOc1ccc(C(=O)NCCCOC(C)c2ccccc2)cc1OCC. The van der Waals surface area contributed by atoms with Crippen molar-refractivity contribution in [1.82, 2.24) is 5.32 Å². The lowest BCUT2D eigenvalue weighted by molar-refractivity contribution is 0.0635. The molecule has 0 aliphatic carbocycles. The summed E-state index contributed by atoms with van der Waals surface area (Å²) >= 11 is 0. The molecule has 2 aromatic rings. The van der Waals surface area contributed by atoms with Gasteiger partial charge in [-0.2, -0.15) is 0 Å². The number of ether oxygens (including phenoxy) is 3. The van der Waals surface area contributed by atoms with E-state index < -0.39 is 0 Å². The van der Waals surface area contributed by atoms with Crippen molar-refractivity contribution in [2.45, 2.75) is 39.7 Å². The molecule has 1 N–H and O–H groups in total. The van der Waals surface area contributed by atoms with Crippen molar-refractivity contribution in [3.05, 3.63) is 59.7 Å². The minimum atomic E-state index is -0.126. The molecule has 0 fully saturated rings. The maximum Gasteiger partial charge on any atom is 0.251 e. The van der Waals surface area contributed by atoms with Gasteiger partial charge in [0, 0.05) is 18.7 Å². The van der Waals surface area contributed by atoms with E-state index >= 15 is 0 Å². The third-order valence-corrected chi connectivity index (χ3v) is 4.21. The second kappa shape index (κ2) is 12.0. The van der Waals surface area contributed by atoms with Crippen LogP contribution in [0.15, 0.2) is 48.5 Å². The molecule has 5 nitrogen and oxygen atoms in total. The Morgan fingerprint density at radius 3 is 2.50 bits per heavy atom. The summed E-state index contributed by atoms with van der Waals surface area (Å²) < 4.78 is 17.1. The normalized spacial score (nSPS) is 11.7. The van der Waals surface area contributed by atoms with Crippen LogP contribution in [0.3, 0.4) is 0 Å². The van der Waals surface area contributed by atoms with Gasteiger partial charge >= 0.3 is 0 Å². The summed E-state index contributed by atoms with van der Waals surface area (Å²) in [6.07, 6.45) is 1.71. The van der Waals surface area contributed by atoms with Crippen molar-refractivity contribution < 1.29 is 19.0 Å². The van der Waals surface area contributed by atoms with Crippen LogP contribution in [0.4, 0.5) is 0 Å². The lowest BCUT2D eigenvalue weighted by atomic mass is 10.1. The Kier molecular flexibility index (Phi) is 9.35. The molecule has 0 aliphatic heterocycles. The highest BCUT2D eigenvalue weighted by molar-refractivity contribution is 5.94. The van der Waals surface area contributed by atoms with Gasteiger partial charge in [-0.1, -0.05) is 37.3 Å². The Morgan fingerprint density at radius 2 is 1.79 bits per heavy atom. The van der Waals surface area contributed by atoms with Crippen LogP contribution in [0.1, 0.15) is 55.6 Å². The number of amides is 1. The molecule has 0 saturated heterocycles. The van der Waals surface area contributed by atoms with E-state index in [0.717, 1.165) is 18.4 Å². The van der Waals surface area contributed by atoms with E-state index in [9.17, 15) is 4.79 Å². The fraction of sp³-hybridized carbons (Fsp3) is 0.435. The first kappa shape index (κ1) is 21.8. The topological polar surface area (TPSA) is 56.8 Å². The van der Waals surface area contributed by atoms with Gasteiger partial charge in [0.2, 0.25) is 0 Å². The van der Waals surface area contributed by atoms with Crippen LogP contribution in [0.5, 0.6) is 11.5 Å². The van der Waals surface area contributed by atoms with Gasteiger partial charge in [0.05, 0.1) is 19.3 Å². The van der Waals surface area contributed by atoms with Gasteiger partial charge in [-0.25, -0.2) is 0 Å². The summed E-state index contributed by atoms with van der Waals surface area (Å²) in [7, 11) is 0. The van der Waals surface area contributed by atoms with Crippen molar-refractivity contribution in [2.24, 2.45) is 0 Å². The zero-order valence-corrected chi connectivity index (χ0v) is 17.1. The third-order valence-electron chi connectivity index (χ3n) is 4.21. The quantitative estimate of drug-likeness (QED) is 0.535. The van der Waals surface area contributed by atoms with Gasteiger partial charge in [0.15, 0.2) is 11.5 Å². The average molecular weight is 386 g/mol. The Balaban J connectivity index is 1.78. The summed E-state index contributed by atoms with van der Waals surface area (Å²) in [5.74, 6) is 1.14. The molecule has 152 valence electrons. The molecule has 1 unspecified atom stereocenters. The highest BCUT2D eigenvalue weighted by Crippen LogP contribution is 2.28. The van der Waals surface area contributed by atoms with Crippen molar-refractivity contribution in [1.29, 1.82) is 0 Å². The van der Waals surface area contributed by atoms with Crippen molar-refractivity contribution >= 4 is 5.91 Å². The summed E-state index contributed by atoms with van der Waals surface area (Å²) in [6, 6.07) is 15.4. The van der Waals surface area contributed by atoms with Crippen molar-refractivity contribution in [3.8, 4) is 11.5 Å². The lowest BCUT2D eigenvalue weighted by Gasteiger charge is -2.14. The minimum absolute atomic E-state index is 0.0429. The third kappa shape index (κ3) is 6.89. The maximum absolute atomic E-state index is 12.4. The minimum Gasteiger partial charge on any atom is -0.490 e. The molecule has 0 spiro atoms. The van der Waals surface area contributed by atoms with E-state index in [1.165, 1.54) is 0 Å². The van der Waals surface area contributed by atoms with Gasteiger partial charge < -0.3 is 19.5 Å². The number of rotatable bonds is 12. The standard InChI is InChI=1S/C23H31NO4/c1-4-15-28-21-13-12-20(17-22(21)26-5-2)23(25)24-14-9-16-27-18(3)19-10-7-6-8-11-19/h6-8,10-13,17-18H,4-5,9,14-16H2,1-3H3,(H,24,25). The predicted octanol–water partition coefficient (Wildman–Crippen LogP) is 4.77. The van der Waals surface area contributed by atoms with Gasteiger partial charge in [-0.15, -0.1) is 0 Å². The molecule has 0 saturated carbocycles. The highest BCUT2D eigenvalue weighted by atomic mass is 16.5. The molecular formula is C23H31NO4. The average Bonchev–Trinajstić information content (AvgIpc) is 2.73. The second-order valence-corrected chi connectivity index (χ2v) is 6.48. The van der Waals surface area contributed by atoms with Crippen molar-refractivity contribution in [3.63, 3.8) is 0 Å². The fourth-order valence-corrected chi connectivity index (χ4v) is 2.71. The molecule has 28 heavy (non-hydrogen) atoms. The number of carbonyl (C=O) groups is 1. The number of nitrogens with one attached hydrogen (secondary N) is 1. The van der Waals surface area contributed by atoms with Gasteiger partial charge in [0.1, 0.15) is 0 Å². The highest BCUT2D eigenvalue weighted by Gasteiger charge is 2.11. The van der Waals surface area contributed by atoms with E-state index in [1.807, 2.05) is 39.0 Å². The number of hydrogen-bond acceptors (Lipinski definition) is 4. The number of benzene rings is 2. The lowest BCUT2D eigenvalue weighted by Crippen LogP contribution is -2.25. The van der Waals surface area contributed by atoms with E-state index in [2.05, 4.69) is 17.4 Å². The zero-order chi connectivity index (χ0) is 20.2. The van der Waals surface area contributed by atoms with Crippen LogP contribution < -0.4 is 14.8 Å². The van der Waals surface area contributed by atoms with E-state index in [0.29, 0.717) is 43.4 Å². The van der Waals surface area contributed by atoms with Crippen LogP contribution in [0.25, 0.3) is 0 Å². The van der Waals surface area contributed by atoms with Gasteiger partial charge in [-0.3, -0.25) is 4.79 Å².